The number of hydrogen-bond donors (Lipinski definition) is 1. The predicted octanol–water partition coefficient (Wildman–Crippen LogP) is 4.62. The third kappa shape index (κ3) is 4.16. The summed E-state index contributed by atoms with van der Waals surface area (Å²) < 4.78 is 11.0. The van der Waals surface area contributed by atoms with Crippen molar-refractivity contribution in [3.8, 4) is 11.5 Å². The van der Waals surface area contributed by atoms with Gasteiger partial charge in [-0.15, -0.1) is 11.8 Å². The van der Waals surface area contributed by atoms with Gasteiger partial charge in [-0.1, -0.05) is 18.5 Å². The number of benzene rings is 2. The monoisotopic (exact) mass is 363 g/mol. The smallest absolute Gasteiger partial charge is 0.237 e. The van der Waals surface area contributed by atoms with E-state index in [-0.39, 0.29) is 11.2 Å². The molecule has 1 atom stereocenters. The lowest BCUT2D eigenvalue weighted by atomic mass is 10.2. The van der Waals surface area contributed by atoms with Crippen LogP contribution in [0.5, 0.6) is 11.5 Å². The summed E-state index contributed by atoms with van der Waals surface area (Å²) in [5, 5.41) is 3.46. The molecule has 1 aliphatic rings. The Labute approximate surface area is 150 Å². The first-order valence-electron chi connectivity index (χ1n) is 7.78. The lowest BCUT2D eigenvalue weighted by Crippen LogP contribution is -2.24. The van der Waals surface area contributed by atoms with Gasteiger partial charge in [-0.3, -0.25) is 4.79 Å². The molecule has 24 heavy (non-hydrogen) atoms. The lowest BCUT2D eigenvalue weighted by molar-refractivity contribution is -0.115. The minimum atomic E-state index is -0.181. The molecule has 1 aliphatic heterocycles. The predicted molar refractivity (Wildman–Crippen MR) is 97.4 cm³/mol. The maximum Gasteiger partial charge on any atom is 0.237 e. The van der Waals surface area contributed by atoms with Crippen molar-refractivity contribution in [1.29, 1.82) is 0 Å². The van der Waals surface area contributed by atoms with E-state index < -0.39 is 0 Å². The van der Waals surface area contributed by atoms with Gasteiger partial charge in [0, 0.05) is 21.7 Å². The number of anilines is 1. The van der Waals surface area contributed by atoms with E-state index in [9.17, 15) is 4.79 Å². The molecule has 2 aromatic carbocycles. The SMILES string of the molecule is CC[C@@H](Sc1ccc(Cl)cc1)C(=O)Nc1ccc2c(c1)OCCO2. The van der Waals surface area contributed by atoms with E-state index in [1.165, 1.54) is 11.8 Å². The van der Waals surface area contributed by atoms with Crippen LogP contribution in [0, 0.1) is 0 Å². The zero-order chi connectivity index (χ0) is 16.9. The largest absolute Gasteiger partial charge is 0.486 e. The molecule has 126 valence electrons. The third-order valence-corrected chi connectivity index (χ3v) is 5.19. The molecule has 0 unspecified atom stereocenters. The first-order chi connectivity index (χ1) is 11.7. The van der Waals surface area contributed by atoms with Crippen LogP contribution in [0.4, 0.5) is 5.69 Å². The quantitative estimate of drug-likeness (QED) is 0.787. The Balaban J connectivity index is 1.67. The molecular weight excluding hydrogens is 346 g/mol. The number of halogens is 1. The lowest BCUT2D eigenvalue weighted by Gasteiger charge is -2.20. The zero-order valence-corrected chi connectivity index (χ0v) is 14.8. The van der Waals surface area contributed by atoms with E-state index >= 15 is 0 Å². The highest BCUT2D eigenvalue weighted by molar-refractivity contribution is 8.00. The number of carbonyl (C=O) groups is 1. The first kappa shape index (κ1) is 17.0. The number of fused-ring (bicyclic) bond motifs is 1. The van der Waals surface area contributed by atoms with Gasteiger partial charge in [-0.25, -0.2) is 0 Å². The van der Waals surface area contributed by atoms with Gasteiger partial charge >= 0.3 is 0 Å². The van der Waals surface area contributed by atoms with Gasteiger partial charge in [-0.05, 0) is 42.8 Å². The summed E-state index contributed by atoms with van der Waals surface area (Å²) in [7, 11) is 0. The summed E-state index contributed by atoms with van der Waals surface area (Å²) in [4.78, 5) is 13.6. The van der Waals surface area contributed by atoms with Gasteiger partial charge < -0.3 is 14.8 Å². The molecule has 0 aliphatic carbocycles. The van der Waals surface area contributed by atoms with Gasteiger partial charge in [0.05, 0.1) is 5.25 Å². The number of ether oxygens (including phenoxy) is 2. The van der Waals surface area contributed by atoms with Gasteiger partial charge in [0.1, 0.15) is 13.2 Å². The van der Waals surface area contributed by atoms with Crippen molar-refractivity contribution in [3.05, 3.63) is 47.5 Å². The summed E-state index contributed by atoms with van der Waals surface area (Å²) >= 11 is 7.43. The Morgan fingerprint density at radius 2 is 1.88 bits per heavy atom. The van der Waals surface area contributed by atoms with Crippen molar-refractivity contribution in [2.24, 2.45) is 0 Å². The van der Waals surface area contributed by atoms with Crippen molar-refractivity contribution >= 4 is 35.0 Å². The molecule has 0 saturated heterocycles. The van der Waals surface area contributed by atoms with Crippen LogP contribution in [0.3, 0.4) is 0 Å². The van der Waals surface area contributed by atoms with Crippen molar-refractivity contribution < 1.29 is 14.3 Å². The second-order valence-corrected chi connectivity index (χ2v) is 7.03. The third-order valence-electron chi connectivity index (χ3n) is 3.56. The molecule has 3 rings (SSSR count). The Bertz CT molecular complexity index is 721. The summed E-state index contributed by atoms with van der Waals surface area (Å²) in [6.07, 6.45) is 0.726. The second kappa shape index (κ2) is 7.81. The van der Waals surface area contributed by atoms with Crippen molar-refractivity contribution in [2.45, 2.75) is 23.5 Å². The molecule has 4 nitrogen and oxygen atoms in total. The van der Waals surface area contributed by atoms with Gasteiger partial charge in [-0.2, -0.15) is 0 Å². The van der Waals surface area contributed by atoms with Crippen LogP contribution >= 0.6 is 23.4 Å². The number of amides is 1. The minimum absolute atomic E-state index is 0.0332. The van der Waals surface area contributed by atoms with Crippen molar-refractivity contribution in [1.82, 2.24) is 0 Å². The van der Waals surface area contributed by atoms with Crippen LogP contribution in [-0.4, -0.2) is 24.4 Å². The Kier molecular flexibility index (Phi) is 5.53. The standard InChI is InChI=1S/C18H18ClNO3S/c1-2-17(24-14-6-3-12(19)4-7-14)18(21)20-13-5-8-15-16(11-13)23-10-9-22-15/h3-8,11,17H,2,9-10H2,1H3,(H,20,21)/t17-/m1/s1. The molecule has 0 spiro atoms. The van der Waals surface area contributed by atoms with Crippen LogP contribution in [-0.2, 0) is 4.79 Å². The molecule has 6 heteroatoms. The summed E-state index contributed by atoms with van der Waals surface area (Å²) in [6, 6.07) is 12.9. The van der Waals surface area contributed by atoms with Gasteiger partial charge in [0.2, 0.25) is 5.91 Å². The highest BCUT2D eigenvalue weighted by atomic mass is 35.5. The van der Waals surface area contributed by atoms with E-state index in [0.29, 0.717) is 35.4 Å². The average molecular weight is 364 g/mol. The molecule has 0 aromatic heterocycles. The van der Waals surface area contributed by atoms with Gasteiger partial charge in [0.25, 0.3) is 0 Å². The maximum atomic E-state index is 12.6. The molecule has 1 N–H and O–H groups in total. The molecule has 1 amide bonds. The van der Waals surface area contributed by atoms with E-state index in [1.807, 2.05) is 43.3 Å². The first-order valence-corrected chi connectivity index (χ1v) is 9.04. The highest BCUT2D eigenvalue weighted by Gasteiger charge is 2.19. The Hall–Kier alpha value is -1.85. The summed E-state index contributed by atoms with van der Waals surface area (Å²) in [5.41, 5.74) is 0.708. The molecular formula is C18H18ClNO3S. The molecule has 0 saturated carbocycles. The Morgan fingerprint density at radius 3 is 2.58 bits per heavy atom. The van der Waals surface area contributed by atoms with E-state index in [0.717, 1.165) is 11.3 Å². The summed E-state index contributed by atoms with van der Waals surface area (Å²) in [6.45, 7) is 3.07. The minimum Gasteiger partial charge on any atom is -0.486 e. The van der Waals surface area contributed by atoms with Crippen LogP contribution < -0.4 is 14.8 Å². The van der Waals surface area contributed by atoms with E-state index in [4.69, 9.17) is 21.1 Å². The number of rotatable bonds is 5. The summed E-state index contributed by atoms with van der Waals surface area (Å²) in [5.74, 6) is 1.34. The Morgan fingerprint density at radius 1 is 1.17 bits per heavy atom. The molecule has 0 radical (unpaired) electrons. The van der Waals surface area contributed by atoms with Crippen molar-refractivity contribution in [3.63, 3.8) is 0 Å². The fraction of sp³-hybridized carbons (Fsp3) is 0.278. The van der Waals surface area contributed by atoms with Crippen LogP contribution in [0.15, 0.2) is 47.4 Å². The number of thioether (sulfide) groups is 1. The second-order valence-electron chi connectivity index (χ2n) is 5.32. The molecule has 0 bridgehead atoms. The van der Waals surface area contributed by atoms with Crippen molar-refractivity contribution in [2.75, 3.05) is 18.5 Å². The molecule has 1 heterocycles. The number of carbonyl (C=O) groups excluding carboxylic acids is 1. The zero-order valence-electron chi connectivity index (χ0n) is 13.3. The highest BCUT2D eigenvalue weighted by Crippen LogP contribution is 2.33. The number of hydrogen-bond acceptors (Lipinski definition) is 4. The normalized spacial score (nSPS) is 14.1. The number of nitrogens with one attached hydrogen (secondary N) is 1. The molecule has 2 aromatic rings. The maximum absolute atomic E-state index is 12.6. The van der Waals surface area contributed by atoms with Crippen LogP contribution in [0.25, 0.3) is 0 Å². The topological polar surface area (TPSA) is 47.6 Å². The van der Waals surface area contributed by atoms with E-state index in [2.05, 4.69) is 5.32 Å². The van der Waals surface area contributed by atoms with Crippen LogP contribution in [0.1, 0.15) is 13.3 Å². The fourth-order valence-electron chi connectivity index (χ4n) is 2.34. The van der Waals surface area contributed by atoms with Gasteiger partial charge in [0.15, 0.2) is 11.5 Å². The average Bonchev–Trinajstić information content (AvgIpc) is 2.61. The molecule has 0 fully saturated rings. The van der Waals surface area contributed by atoms with Crippen LogP contribution in [0.2, 0.25) is 5.02 Å². The fourth-order valence-corrected chi connectivity index (χ4v) is 3.42. The van der Waals surface area contributed by atoms with E-state index in [1.54, 1.807) is 6.07 Å².